The number of aliphatic hydroxyl groups excluding tert-OH is 1. The molecule has 1 amide bonds. The molecule has 3 aromatic rings. The molecular formula is C24H25F3N4O3. The second kappa shape index (κ2) is 11.0. The first-order valence-electron chi connectivity index (χ1n) is 10.7. The van der Waals surface area contributed by atoms with Crippen molar-refractivity contribution in [2.75, 3.05) is 23.3 Å². The zero-order chi connectivity index (χ0) is 24.7. The molecule has 0 aliphatic rings. The summed E-state index contributed by atoms with van der Waals surface area (Å²) in [7, 11) is 0. The number of rotatable bonds is 9. The quantitative estimate of drug-likeness (QED) is 0.459. The molecule has 0 bridgehead atoms. The van der Waals surface area contributed by atoms with Crippen LogP contribution >= 0.6 is 0 Å². The molecule has 0 saturated heterocycles. The first-order valence-corrected chi connectivity index (χ1v) is 10.7. The molecule has 0 radical (unpaired) electrons. The van der Waals surface area contributed by atoms with Gasteiger partial charge in [0.15, 0.2) is 0 Å². The van der Waals surface area contributed by atoms with Gasteiger partial charge in [0.2, 0.25) is 0 Å². The SMILES string of the molecule is CCC(O)CN(CC)c1ncc(C(=O)Nc2ccc(OC(F)(F)F)cc2)cc1-c1cccnc1. The van der Waals surface area contributed by atoms with E-state index >= 15 is 0 Å². The van der Waals surface area contributed by atoms with Crippen molar-refractivity contribution in [3.8, 4) is 16.9 Å². The van der Waals surface area contributed by atoms with Gasteiger partial charge < -0.3 is 20.1 Å². The fourth-order valence-electron chi connectivity index (χ4n) is 3.26. The number of benzene rings is 1. The second-order valence-electron chi connectivity index (χ2n) is 7.46. The number of nitrogens with one attached hydrogen (secondary N) is 1. The number of alkyl halides is 3. The molecule has 10 heteroatoms. The molecule has 7 nitrogen and oxygen atoms in total. The number of likely N-dealkylation sites (N-methyl/N-ethyl adjacent to an activating group) is 1. The topological polar surface area (TPSA) is 87.6 Å². The van der Waals surface area contributed by atoms with Crippen molar-refractivity contribution in [1.82, 2.24) is 9.97 Å². The number of carbonyl (C=O) groups is 1. The van der Waals surface area contributed by atoms with Gasteiger partial charge in [-0.2, -0.15) is 0 Å². The lowest BCUT2D eigenvalue weighted by Gasteiger charge is -2.27. The lowest BCUT2D eigenvalue weighted by atomic mass is 10.0. The van der Waals surface area contributed by atoms with Crippen molar-refractivity contribution in [2.24, 2.45) is 0 Å². The fraction of sp³-hybridized carbons (Fsp3) is 0.292. The van der Waals surface area contributed by atoms with Gasteiger partial charge in [0, 0.05) is 48.5 Å². The Morgan fingerprint density at radius 2 is 1.91 bits per heavy atom. The van der Waals surface area contributed by atoms with Crippen LogP contribution in [0.5, 0.6) is 5.75 Å². The number of hydrogen-bond acceptors (Lipinski definition) is 6. The summed E-state index contributed by atoms with van der Waals surface area (Å²) in [6.07, 6.45) is -0.0153. The molecule has 34 heavy (non-hydrogen) atoms. The van der Waals surface area contributed by atoms with Crippen molar-refractivity contribution in [3.05, 3.63) is 66.6 Å². The van der Waals surface area contributed by atoms with E-state index in [-0.39, 0.29) is 11.3 Å². The normalized spacial score (nSPS) is 12.2. The molecule has 1 unspecified atom stereocenters. The Balaban J connectivity index is 1.88. The van der Waals surface area contributed by atoms with Crippen LogP contribution in [0, 0.1) is 0 Å². The summed E-state index contributed by atoms with van der Waals surface area (Å²) in [6, 6.07) is 10.2. The molecule has 0 aliphatic carbocycles. The maximum absolute atomic E-state index is 12.9. The summed E-state index contributed by atoms with van der Waals surface area (Å²) in [4.78, 5) is 23.4. The summed E-state index contributed by atoms with van der Waals surface area (Å²) < 4.78 is 40.8. The Morgan fingerprint density at radius 3 is 2.50 bits per heavy atom. The third-order valence-corrected chi connectivity index (χ3v) is 5.03. The van der Waals surface area contributed by atoms with Crippen molar-refractivity contribution in [1.29, 1.82) is 0 Å². The average molecular weight is 474 g/mol. The highest BCUT2D eigenvalue weighted by molar-refractivity contribution is 6.05. The number of pyridine rings is 2. The monoisotopic (exact) mass is 474 g/mol. The third-order valence-electron chi connectivity index (χ3n) is 5.03. The van der Waals surface area contributed by atoms with E-state index in [9.17, 15) is 23.1 Å². The molecule has 1 aromatic carbocycles. The lowest BCUT2D eigenvalue weighted by molar-refractivity contribution is -0.274. The zero-order valence-corrected chi connectivity index (χ0v) is 18.7. The summed E-state index contributed by atoms with van der Waals surface area (Å²) in [5, 5.41) is 12.8. The number of nitrogens with zero attached hydrogens (tertiary/aromatic N) is 3. The third kappa shape index (κ3) is 6.67. The van der Waals surface area contributed by atoms with Crippen LogP contribution in [0.4, 0.5) is 24.7 Å². The number of aromatic nitrogens is 2. The van der Waals surface area contributed by atoms with Crippen LogP contribution in [-0.2, 0) is 0 Å². The molecule has 180 valence electrons. The average Bonchev–Trinajstić information content (AvgIpc) is 2.83. The highest BCUT2D eigenvalue weighted by atomic mass is 19.4. The largest absolute Gasteiger partial charge is 0.573 e. The van der Waals surface area contributed by atoms with Crippen LogP contribution in [0.25, 0.3) is 11.1 Å². The van der Waals surface area contributed by atoms with Gasteiger partial charge in [0.05, 0.1) is 11.7 Å². The zero-order valence-electron chi connectivity index (χ0n) is 18.7. The Morgan fingerprint density at radius 1 is 1.18 bits per heavy atom. The van der Waals surface area contributed by atoms with Gasteiger partial charge in [-0.1, -0.05) is 13.0 Å². The molecule has 3 rings (SSSR count). The van der Waals surface area contributed by atoms with Crippen molar-refractivity contribution in [2.45, 2.75) is 32.7 Å². The molecule has 1 atom stereocenters. The number of anilines is 2. The number of ether oxygens (including phenoxy) is 1. The Hall–Kier alpha value is -3.66. The first kappa shape index (κ1) is 25.0. The lowest BCUT2D eigenvalue weighted by Crippen LogP contribution is -2.33. The van der Waals surface area contributed by atoms with Crippen LogP contribution in [0.2, 0.25) is 0 Å². The van der Waals surface area contributed by atoms with E-state index in [4.69, 9.17) is 0 Å². The van der Waals surface area contributed by atoms with Crippen molar-refractivity contribution in [3.63, 3.8) is 0 Å². The Bertz CT molecular complexity index is 1090. The molecule has 0 aliphatic heterocycles. The van der Waals surface area contributed by atoms with E-state index in [1.807, 2.05) is 24.8 Å². The van der Waals surface area contributed by atoms with E-state index in [2.05, 4.69) is 20.0 Å². The predicted molar refractivity (Wildman–Crippen MR) is 123 cm³/mol. The van der Waals surface area contributed by atoms with E-state index in [0.29, 0.717) is 36.6 Å². The minimum absolute atomic E-state index is 0.255. The number of amides is 1. The Labute approximate surface area is 195 Å². The van der Waals surface area contributed by atoms with E-state index < -0.39 is 18.4 Å². The Kier molecular flexibility index (Phi) is 8.06. The smallest absolute Gasteiger partial charge is 0.406 e. The van der Waals surface area contributed by atoms with Crippen LogP contribution in [-0.4, -0.2) is 46.5 Å². The molecule has 0 saturated carbocycles. The van der Waals surface area contributed by atoms with E-state index in [0.717, 1.165) is 17.7 Å². The highest BCUT2D eigenvalue weighted by Crippen LogP contribution is 2.30. The first-order chi connectivity index (χ1) is 16.2. The van der Waals surface area contributed by atoms with Crippen LogP contribution in [0.3, 0.4) is 0 Å². The predicted octanol–water partition coefficient (Wildman–Crippen LogP) is 4.89. The minimum atomic E-state index is -4.79. The van der Waals surface area contributed by atoms with Crippen LogP contribution in [0.1, 0.15) is 30.6 Å². The van der Waals surface area contributed by atoms with Crippen LogP contribution < -0.4 is 15.0 Å². The van der Waals surface area contributed by atoms with Gasteiger partial charge in [-0.15, -0.1) is 13.2 Å². The molecule has 2 aromatic heterocycles. The van der Waals surface area contributed by atoms with Gasteiger partial charge in [0.25, 0.3) is 5.91 Å². The summed E-state index contributed by atoms with van der Waals surface area (Å²) in [5.74, 6) is -0.261. The van der Waals surface area contributed by atoms with Gasteiger partial charge in [-0.25, -0.2) is 4.98 Å². The van der Waals surface area contributed by atoms with Crippen molar-refractivity contribution < 1.29 is 27.8 Å². The fourth-order valence-corrected chi connectivity index (χ4v) is 3.26. The number of carbonyl (C=O) groups excluding carboxylic acids is 1. The molecule has 2 N–H and O–H groups in total. The maximum Gasteiger partial charge on any atom is 0.573 e. The summed E-state index contributed by atoms with van der Waals surface area (Å²) in [6.45, 7) is 4.81. The van der Waals surface area contributed by atoms with Gasteiger partial charge in [-0.3, -0.25) is 9.78 Å². The van der Waals surface area contributed by atoms with Gasteiger partial charge in [0.1, 0.15) is 11.6 Å². The van der Waals surface area contributed by atoms with E-state index in [1.54, 1.807) is 24.5 Å². The molecular weight excluding hydrogens is 449 g/mol. The maximum atomic E-state index is 12.9. The summed E-state index contributed by atoms with van der Waals surface area (Å²) >= 11 is 0. The minimum Gasteiger partial charge on any atom is -0.406 e. The van der Waals surface area contributed by atoms with Crippen molar-refractivity contribution >= 4 is 17.4 Å². The standard InChI is InChI=1S/C24H25F3N4O3/c1-3-19(32)15-31(4-2)22-21(16-6-5-11-28-13-16)12-17(14-29-22)23(33)30-18-7-9-20(10-8-18)34-24(25,26)27/h5-14,19,32H,3-4,15H2,1-2H3,(H,30,33). The number of hydrogen-bond donors (Lipinski definition) is 2. The molecule has 0 fully saturated rings. The van der Waals surface area contributed by atoms with Gasteiger partial charge in [-0.05, 0) is 49.7 Å². The second-order valence-corrected chi connectivity index (χ2v) is 7.46. The van der Waals surface area contributed by atoms with Crippen LogP contribution in [0.15, 0.2) is 61.1 Å². The number of halogens is 3. The highest BCUT2D eigenvalue weighted by Gasteiger charge is 2.31. The molecule has 2 heterocycles. The summed E-state index contributed by atoms with van der Waals surface area (Å²) in [5.41, 5.74) is 1.97. The van der Waals surface area contributed by atoms with Gasteiger partial charge >= 0.3 is 6.36 Å². The van der Waals surface area contributed by atoms with E-state index in [1.165, 1.54) is 18.3 Å². The molecule has 0 spiro atoms. The number of aliphatic hydroxyl groups is 1.